The third kappa shape index (κ3) is 11.3. The highest BCUT2D eigenvalue weighted by molar-refractivity contribution is 7.99. The minimum atomic E-state index is -1.62. The second-order valence-electron chi connectivity index (χ2n) is 16.5. The first kappa shape index (κ1) is 48.9. The Kier molecular flexibility index (Phi) is 16.4. The van der Waals surface area contributed by atoms with Gasteiger partial charge in [-0.25, -0.2) is 19.9 Å². The minimum Gasteiger partial charge on any atom is -0.374 e. The number of aliphatic hydroxyl groups is 1. The average Bonchev–Trinajstić information content (AvgIpc) is 4.20. The van der Waals surface area contributed by atoms with E-state index in [0.717, 1.165) is 53.5 Å². The maximum Gasteiger partial charge on any atom is 0.231 e. The highest BCUT2D eigenvalue weighted by Crippen LogP contribution is 2.48. The molecule has 6 heterocycles. The monoisotopic (exact) mass is 997 g/mol. The number of thiophene rings is 2. The van der Waals surface area contributed by atoms with Gasteiger partial charge in [0.2, 0.25) is 11.4 Å². The molecule has 0 bridgehead atoms. The molecule has 0 aliphatic carbocycles. The summed E-state index contributed by atoms with van der Waals surface area (Å²) in [7, 11) is 0. The Labute approximate surface area is 418 Å². The lowest BCUT2D eigenvalue weighted by molar-refractivity contribution is -0.249. The fourth-order valence-electron chi connectivity index (χ4n) is 8.52. The molecular formula is C53H51N5O7S4. The Hall–Kier alpha value is -5.13. The van der Waals surface area contributed by atoms with Crippen LogP contribution in [0.3, 0.4) is 0 Å². The average molecular weight is 998 g/mol. The van der Waals surface area contributed by atoms with Gasteiger partial charge in [0.05, 0.1) is 72.6 Å². The van der Waals surface area contributed by atoms with Crippen molar-refractivity contribution in [2.24, 2.45) is 0 Å². The van der Waals surface area contributed by atoms with E-state index in [1.54, 1.807) is 29.9 Å². The van der Waals surface area contributed by atoms with Crippen LogP contribution in [0.5, 0.6) is 0 Å². The third-order valence-corrected chi connectivity index (χ3v) is 15.5. The molecule has 8 aromatic rings. The lowest BCUT2D eigenvalue weighted by atomic mass is 9.94. The number of benzene rings is 4. The van der Waals surface area contributed by atoms with Crippen LogP contribution < -0.4 is 0 Å². The Morgan fingerprint density at radius 3 is 1.49 bits per heavy atom. The van der Waals surface area contributed by atoms with Crippen molar-refractivity contribution in [3.63, 3.8) is 0 Å². The smallest absolute Gasteiger partial charge is 0.231 e. The second-order valence-corrected chi connectivity index (χ2v) is 19.8. The van der Waals surface area contributed by atoms with Crippen LogP contribution in [-0.2, 0) is 66.2 Å². The Bertz CT molecular complexity index is 2930. The summed E-state index contributed by atoms with van der Waals surface area (Å²) < 4.78 is 37.3. The number of ether oxygens (including phenoxy) is 6. The molecule has 4 aromatic carbocycles. The molecule has 1 N–H and O–H groups in total. The predicted molar refractivity (Wildman–Crippen MR) is 271 cm³/mol. The number of hydrogen-bond donors (Lipinski definition) is 1. The molecule has 0 radical (unpaired) electrons. The number of fused-ring (bicyclic) bond motifs is 2. The minimum absolute atomic E-state index is 0.279. The topological polar surface area (TPSA) is 151 Å². The fraction of sp³-hybridized carbons (Fsp3) is 0.302. The number of nitrogens with zero attached hydrogens (tertiary/aromatic N) is 5. The van der Waals surface area contributed by atoms with Gasteiger partial charge in [-0.2, -0.15) is 5.26 Å². The van der Waals surface area contributed by atoms with Crippen molar-refractivity contribution in [2.75, 3.05) is 25.7 Å². The van der Waals surface area contributed by atoms with Gasteiger partial charge in [-0.3, -0.25) is 0 Å². The van der Waals surface area contributed by atoms with E-state index in [1.807, 2.05) is 145 Å². The highest BCUT2D eigenvalue weighted by Gasteiger charge is 2.54. The van der Waals surface area contributed by atoms with Crippen LogP contribution in [0.15, 0.2) is 155 Å². The van der Waals surface area contributed by atoms with Crippen molar-refractivity contribution in [3.8, 4) is 6.07 Å². The van der Waals surface area contributed by atoms with Gasteiger partial charge in [-0.15, -0.1) is 46.2 Å². The molecule has 6 atom stereocenters. The van der Waals surface area contributed by atoms with Gasteiger partial charge in [-0.1, -0.05) is 121 Å². The quantitative estimate of drug-likeness (QED) is 0.0641. The van der Waals surface area contributed by atoms with Crippen LogP contribution >= 0.6 is 46.2 Å². The molecule has 2 aliphatic rings. The van der Waals surface area contributed by atoms with Crippen molar-refractivity contribution < 1.29 is 33.5 Å². The first-order chi connectivity index (χ1) is 33.9. The molecular weight excluding hydrogens is 947 g/mol. The zero-order valence-corrected chi connectivity index (χ0v) is 41.4. The van der Waals surface area contributed by atoms with Gasteiger partial charge in [0.1, 0.15) is 41.0 Å². The molecule has 69 heavy (non-hydrogen) atoms. The van der Waals surface area contributed by atoms with E-state index in [0.29, 0.717) is 62.9 Å². The van der Waals surface area contributed by atoms with E-state index in [4.69, 9.17) is 28.4 Å². The Morgan fingerprint density at radius 1 is 0.594 bits per heavy atom. The second kappa shape index (κ2) is 23.2. The standard InChI is InChI=1S/C27H25N3O3S2.C26H26N2O4S2/c1-34-26-22-16-35-25(24(22)29-18-30-26)27(17-28)23(32-14-20-10-6-3-7-11-20)12-21(33-27)15-31-13-19-8-4-2-5-9-19;1-33-25-21-16-34-24(23(21)27-17-28-25)26(29)22(31-14-19-10-6-3-7-11-19)12-20(32-26)15-30-13-18-8-4-2-5-9-18/h2-11,16,18,21,23H,12-15H2,1H3;2-11,16-17,20,22,29H,12-15H2,1H3/t21-,23+,27+;20-,22+,26?/m00/s1. The molecule has 0 spiro atoms. The largest absolute Gasteiger partial charge is 0.374 e. The van der Waals surface area contributed by atoms with E-state index >= 15 is 0 Å². The van der Waals surface area contributed by atoms with E-state index in [1.165, 1.54) is 29.0 Å². The van der Waals surface area contributed by atoms with Crippen LogP contribution in [0.25, 0.3) is 21.8 Å². The first-order valence-corrected chi connectivity index (χ1v) is 26.7. The lowest BCUT2D eigenvalue weighted by Crippen LogP contribution is -2.37. The summed E-state index contributed by atoms with van der Waals surface area (Å²) in [4.78, 5) is 19.1. The van der Waals surface area contributed by atoms with E-state index in [-0.39, 0.29) is 12.2 Å². The van der Waals surface area contributed by atoms with Gasteiger partial charge in [0.15, 0.2) is 0 Å². The van der Waals surface area contributed by atoms with Crippen LogP contribution in [0.4, 0.5) is 0 Å². The van der Waals surface area contributed by atoms with Gasteiger partial charge in [0.25, 0.3) is 0 Å². The van der Waals surface area contributed by atoms with Crippen LogP contribution in [0.2, 0.25) is 0 Å². The molecule has 2 fully saturated rings. The SMILES string of the molecule is CSc1ncnc2c(C3(O)O[C@H](COCc4ccccc4)C[C@H]3OCc3ccccc3)scc12.CSc1ncnc2c([C@]3(C#N)O[C@H](COCc4ccccc4)C[C@H]3OCc3ccccc3)scc12. The van der Waals surface area contributed by atoms with E-state index in [9.17, 15) is 10.4 Å². The van der Waals surface area contributed by atoms with Crippen LogP contribution in [0.1, 0.15) is 44.8 Å². The molecule has 0 saturated carbocycles. The van der Waals surface area contributed by atoms with Gasteiger partial charge in [-0.05, 0) is 34.8 Å². The fourth-order valence-corrected chi connectivity index (χ4v) is 11.9. The molecule has 16 heteroatoms. The summed E-state index contributed by atoms with van der Waals surface area (Å²) in [6.45, 7) is 2.48. The van der Waals surface area contributed by atoms with E-state index in [2.05, 4.69) is 26.0 Å². The molecule has 10 rings (SSSR count). The lowest BCUT2D eigenvalue weighted by Gasteiger charge is -2.28. The van der Waals surface area contributed by atoms with Crippen LogP contribution in [-0.4, -0.2) is 75.2 Å². The van der Waals surface area contributed by atoms with Crippen molar-refractivity contribution in [2.45, 2.75) is 85.1 Å². The normalized spacial score (nSPS) is 22.1. The van der Waals surface area contributed by atoms with Crippen molar-refractivity contribution in [1.29, 1.82) is 5.26 Å². The van der Waals surface area contributed by atoms with E-state index < -0.39 is 23.6 Å². The summed E-state index contributed by atoms with van der Waals surface area (Å²) in [5, 5.41) is 30.0. The molecule has 2 saturated heterocycles. The summed E-state index contributed by atoms with van der Waals surface area (Å²) in [5.74, 6) is -1.62. The molecule has 354 valence electrons. The predicted octanol–water partition coefficient (Wildman–Crippen LogP) is 10.9. The summed E-state index contributed by atoms with van der Waals surface area (Å²) in [5.41, 5.74) is 4.45. The summed E-state index contributed by atoms with van der Waals surface area (Å²) in [6.07, 6.45) is 6.48. The third-order valence-electron chi connectivity index (χ3n) is 11.9. The van der Waals surface area contributed by atoms with Crippen molar-refractivity contribution in [1.82, 2.24) is 19.9 Å². The van der Waals surface area contributed by atoms with Crippen LogP contribution in [0, 0.1) is 11.3 Å². The molecule has 4 aromatic heterocycles. The number of nitriles is 1. The van der Waals surface area contributed by atoms with Crippen molar-refractivity contribution >= 4 is 68.0 Å². The van der Waals surface area contributed by atoms with Gasteiger partial charge >= 0.3 is 0 Å². The number of thioether (sulfide) groups is 2. The number of aromatic nitrogens is 4. The molecule has 12 nitrogen and oxygen atoms in total. The number of hydrogen-bond acceptors (Lipinski definition) is 16. The molecule has 0 amide bonds. The van der Waals surface area contributed by atoms with Gasteiger partial charge < -0.3 is 33.5 Å². The zero-order chi connectivity index (χ0) is 47.5. The number of rotatable bonds is 18. The first-order valence-electron chi connectivity index (χ1n) is 22.5. The summed E-state index contributed by atoms with van der Waals surface area (Å²) >= 11 is 6.01. The van der Waals surface area contributed by atoms with Crippen molar-refractivity contribution in [3.05, 3.63) is 177 Å². The Balaban J connectivity index is 0.000000172. The zero-order valence-electron chi connectivity index (χ0n) is 38.1. The Morgan fingerprint density at radius 2 is 1.01 bits per heavy atom. The highest BCUT2D eigenvalue weighted by atomic mass is 32.2. The molecule has 2 aliphatic heterocycles. The maximum atomic E-state index is 11.9. The molecule has 1 unspecified atom stereocenters. The summed E-state index contributed by atoms with van der Waals surface area (Å²) in [6, 6.07) is 42.4. The maximum absolute atomic E-state index is 11.9. The van der Waals surface area contributed by atoms with Gasteiger partial charge in [0, 0.05) is 34.4 Å².